The molecule has 0 saturated heterocycles. The lowest BCUT2D eigenvalue weighted by molar-refractivity contribution is 0.0701. The number of aromatic carboxylic acids is 1. The molecule has 2 rings (SSSR count). The molecular weight excluding hydrogens is 352 g/mol. The number of hydrogen-bond donors (Lipinski definition) is 1. The highest BCUT2D eigenvalue weighted by molar-refractivity contribution is 7.17. The number of ether oxygens (including phenoxy) is 2. The van der Waals surface area contributed by atoms with Crippen LogP contribution in [0, 0.1) is 0 Å². The van der Waals surface area contributed by atoms with Crippen molar-refractivity contribution >= 4 is 17.3 Å². The van der Waals surface area contributed by atoms with Crippen LogP contribution in [0.5, 0.6) is 11.5 Å². The van der Waals surface area contributed by atoms with Crippen molar-refractivity contribution in [1.82, 2.24) is 9.88 Å². The minimum absolute atomic E-state index is 0.296. The molecule has 0 atom stereocenters. The fraction of sp³-hybridized carbons (Fsp3) is 0.474. The molecule has 1 aromatic carbocycles. The molecule has 0 fully saturated rings. The second-order valence-corrected chi connectivity index (χ2v) is 7.05. The molecule has 1 heterocycles. The van der Waals surface area contributed by atoms with Crippen LogP contribution in [0.3, 0.4) is 0 Å². The van der Waals surface area contributed by atoms with Crippen molar-refractivity contribution in [1.29, 1.82) is 0 Å². The van der Waals surface area contributed by atoms with Gasteiger partial charge in [0.15, 0.2) is 11.5 Å². The average molecular weight is 378 g/mol. The van der Waals surface area contributed by atoms with Crippen LogP contribution in [0.4, 0.5) is 0 Å². The topological polar surface area (TPSA) is 71.9 Å². The number of benzene rings is 1. The van der Waals surface area contributed by atoms with Gasteiger partial charge in [0.1, 0.15) is 9.88 Å². The van der Waals surface area contributed by atoms with Crippen molar-refractivity contribution in [3.05, 3.63) is 28.8 Å². The summed E-state index contributed by atoms with van der Waals surface area (Å²) in [6.45, 7) is 5.91. The Balaban J connectivity index is 2.23. The first-order valence-corrected chi connectivity index (χ1v) is 9.55. The minimum atomic E-state index is -0.934. The van der Waals surface area contributed by atoms with Crippen LogP contribution in [0.1, 0.15) is 35.6 Å². The maximum absolute atomic E-state index is 11.4. The lowest BCUT2D eigenvalue weighted by Gasteiger charge is -2.14. The zero-order valence-corrected chi connectivity index (χ0v) is 16.6. The van der Waals surface area contributed by atoms with Gasteiger partial charge in [-0.25, -0.2) is 9.78 Å². The molecule has 0 amide bonds. The summed E-state index contributed by atoms with van der Waals surface area (Å²) in [5.74, 6) is 0.413. The lowest BCUT2D eigenvalue weighted by atomic mass is 10.2. The normalized spacial score (nSPS) is 11.0. The van der Waals surface area contributed by atoms with Crippen LogP contribution in [0.25, 0.3) is 10.6 Å². The molecule has 0 aliphatic rings. The van der Waals surface area contributed by atoms with E-state index in [0.717, 1.165) is 18.5 Å². The number of rotatable bonds is 10. The highest BCUT2D eigenvalue weighted by Gasteiger charge is 2.18. The molecule has 6 nitrogen and oxygen atoms in total. The molecule has 1 aromatic heterocycles. The molecule has 0 spiro atoms. The van der Waals surface area contributed by atoms with Gasteiger partial charge in [0.25, 0.3) is 0 Å². The zero-order valence-electron chi connectivity index (χ0n) is 15.7. The lowest BCUT2D eigenvalue weighted by Crippen LogP contribution is -2.15. The van der Waals surface area contributed by atoms with Gasteiger partial charge in [-0.1, -0.05) is 6.92 Å². The summed E-state index contributed by atoms with van der Waals surface area (Å²) in [7, 11) is 4.06. The SMILES string of the molecule is CCOc1cc(-c2nc(CC)c(C(=O)O)s2)ccc1OCCCN(C)C. The molecule has 0 bridgehead atoms. The third-order valence-electron chi connectivity index (χ3n) is 3.72. The Morgan fingerprint density at radius 3 is 2.58 bits per heavy atom. The summed E-state index contributed by atoms with van der Waals surface area (Å²) in [4.78, 5) is 18.3. The van der Waals surface area contributed by atoms with Crippen molar-refractivity contribution < 1.29 is 19.4 Å². The highest BCUT2D eigenvalue weighted by Crippen LogP contribution is 2.35. The van der Waals surface area contributed by atoms with Gasteiger partial charge in [-0.2, -0.15) is 0 Å². The first-order valence-electron chi connectivity index (χ1n) is 8.74. The predicted octanol–water partition coefficient (Wildman–Crippen LogP) is 3.80. The molecule has 1 N–H and O–H groups in total. The average Bonchev–Trinajstić information content (AvgIpc) is 3.04. The number of carboxylic acid groups (broad SMARTS) is 1. The summed E-state index contributed by atoms with van der Waals surface area (Å²) >= 11 is 1.19. The van der Waals surface area contributed by atoms with Crippen LogP contribution in [-0.2, 0) is 6.42 Å². The van der Waals surface area contributed by atoms with Crippen molar-refractivity contribution in [2.75, 3.05) is 33.9 Å². The highest BCUT2D eigenvalue weighted by atomic mass is 32.1. The van der Waals surface area contributed by atoms with E-state index in [1.807, 2.05) is 46.1 Å². The van der Waals surface area contributed by atoms with Crippen LogP contribution in [0.15, 0.2) is 18.2 Å². The summed E-state index contributed by atoms with van der Waals surface area (Å²) in [5, 5.41) is 10.0. The summed E-state index contributed by atoms with van der Waals surface area (Å²) in [6, 6.07) is 5.63. The molecule has 0 aliphatic heterocycles. The number of aryl methyl sites for hydroxylation is 1. The first kappa shape index (κ1) is 20.2. The Bertz CT molecular complexity index is 743. The monoisotopic (exact) mass is 378 g/mol. The van der Waals surface area contributed by atoms with Gasteiger partial charge in [-0.05, 0) is 52.1 Å². The zero-order chi connectivity index (χ0) is 19.1. The number of carbonyl (C=O) groups is 1. The number of nitrogens with zero attached hydrogens (tertiary/aromatic N) is 2. The Morgan fingerprint density at radius 1 is 1.23 bits per heavy atom. The maximum atomic E-state index is 11.4. The van der Waals surface area contributed by atoms with E-state index in [0.29, 0.717) is 46.7 Å². The molecule has 0 radical (unpaired) electrons. The van der Waals surface area contributed by atoms with E-state index in [-0.39, 0.29) is 0 Å². The fourth-order valence-corrected chi connectivity index (χ4v) is 3.46. The number of carboxylic acids is 1. The van der Waals surface area contributed by atoms with Gasteiger partial charge in [-0.3, -0.25) is 0 Å². The summed E-state index contributed by atoms with van der Waals surface area (Å²) in [6.07, 6.45) is 1.51. The number of hydrogen-bond acceptors (Lipinski definition) is 6. The first-order chi connectivity index (χ1) is 12.5. The van der Waals surface area contributed by atoms with Crippen molar-refractivity contribution in [2.45, 2.75) is 26.7 Å². The van der Waals surface area contributed by atoms with Gasteiger partial charge in [0.05, 0.1) is 18.9 Å². The van der Waals surface area contributed by atoms with Gasteiger partial charge < -0.3 is 19.5 Å². The third kappa shape index (κ3) is 5.19. The third-order valence-corrected chi connectivity index (χ3v) is 4.86. The molecule has 142 valence electrons. The molecule has 26 heavy (non-hydrogen) atoms. The standard InChI is InChI=1S/C19H26N2O4S/c1-5-14-17(19(22)23)26-18(20-14)13-8-9-15(16(12-13)24-6-2)25-11-7-10-21(3)4/h8-9,12H,5-7,10-11H2,1-4H3,(H,22,23). The Hall–Kier alpha value is -2.12. The number of thiazole rings is 1. The second-order valence-electron chi connectivity index (χ2n) is 6.05. The smallest absolute Gasteiger partial charge is 0.347 e. The maximum Gasteiger partial charge on any atom is 0.347 e. The van der Waals surface area contributed by atoms with Gasteiger partial charge in [0, 0.05) is 12.1 Å². The van der Waals surface area contributed by atoms with Crippen molar-refractivity contribution in [2.24, 2.45) is 0 Å². The Morgan fingerprint density at radius 2 is 2.00 bits per heavy atom. The minimum Gasteiger partial charge on any atom is -0.490 e. The van der Waals surface area contributed by atoms with Crippen LogP contribution >= 0.6 is 11.3 Å². The van der Waals surface area contributed by atoms with Crippen molar-refractivity contribution in [3.63, 3.8) is 0 Å². The molecule has 2 aromatic rings. The quantitative estimate of drug-likeness (QED) is 0.634. The Kier molecular flexibility index (Phi) is 7.41. The predicted molar refractivity (Wildman–Crippen MR) is 104 cm³/mol. The number of aromatic nitrogens is 1. The molecule has 7 heteroatoms. The largest absolute Gasteiger partial charge is 0.490 e. The summed E-state index contributed by atoms with van der Waals surface area (Å²) in [5.41, 5.74) is 1.45. The Labute approximate surface area is 158 Å². The fourth-order valence-electron chi connectivity index (χ4n) is 2.47. The van der Waals surface area contributed by atoms with Crippen LogP contribution in [0.2, 0.25) is 0 Å². The van der Waals surface area contributed by atoms with Gasteiger partial charge in [0.2, 0.25) is 0 Å². The van der Waals surface area contributed by atoms with E-state index in [9.17, 15) is 9.90 Å². The van der Waals surface area contributed by atoms with E-state index in [1.165, 1.54) is 11.3 Å². The summed E-state index contributed by atoms with van der Waals surface area (Å²) < 4.78 is 11.6. The van der Waals surface area contributed by atoms with E-state index in [1.54, 1.807) is 0 Å². The van der Waals surface area contributed by atoms with Crippen molar-refractivity contribution in [3.8, 4) is 22.1 Å². The molecule has 0 aliphatic carbocycles. The van der Waals surface area contributed by atoms with E-state index in [2.05, 4.69) is 9.88 Å². The van der Waals surface area contributed by atoms with Crippen LogP contribution in [-0.4, -0.2) is 54.8 Å². The van der Waals surface area contributed by atoms with E-state index in [4.69, 9.17) is 9.47 Å². The van der Waals surface area contributed by atoms with Gasteiger partial charge in [-0.15, -0.1) is 11.3 Å². The van der Waals surface area contributed by atoms with E-state index >= 15 is 0 Å². The second kappa shape index (κ2) is 9.54. The van der Waals surface area contributed by atoms with Crippen LogP contribution < -0.4 is 9.47 Å². The molecule has 0 unspecified atom stereocenters. The van der Waals surface area contributed by atoms with Gasteiger partial charge >= 0.3 is 5.97 Å². The molecule has 0 saturated carbocycles. The van der Waals surface area contributed by atoms with E-state index < -0.39 is 5.97 Å². The molecular formula is C19H26N2O4S.